The average molecular weight is 877 g/mol. The third-order valence-electron chi connectivity index (χ3n) is 13.0. The first-order valence-electron chi connectivity index (χ1n) is 21.9. The van der Waals surface area contributed by atoms with E-state index in [1.165, 1.54) is 27.2 Å². The number of hydrogen-bond donors (Lipinski definition) is 5. The number of hydrogen-bond acceptors (Lipinski definition) is 14. The molecule has 2 amide bonds. The zero-order valence-corrected chi connectivity index (χ0v) is 38.2. The minimum Gasteiger partial charge on any atom is -0.507 e. The number of carbonyl (C=O) groups excluding carboxylic acids is 4. The quantitative estimate of drug-likeness (QED) is 0.232. The Labute approximate surface area is 369 Å². The number of phenolic OH excluding ortho intramolecular Hbond substituents is 1. The van der Waals surface area contributed by atoms with Crippen molar-refractivity contribution in [3.05, 3.63) is 69.8 Å². The van der Waals surface area contributed by atoms with Crippen molar-refractivity contribution in [1.82, 2.24) is 15.5 Å². The first-order valence-corrected chi connectivity index (χ1v) is 21.9. The van der Waals surface area contributed by atoms with Crippen LogP contribution in [0.15, 0.2) is 52.5 Å². The zero-order valence-electron chi connectivity index (χ0n) is 38.2. The molecule has 16 nitrogen and oxygen atoms in total. The van der Waals surface area contributed by atoms with Gasteiger partial charge in [-0.15, -0.1) is 0 Å². The summed E-state index contributed by atoms with van der Waals surface area (Å²) in [7, 11) is 1.50. The van der Waals surface area contributed by atoms with E-state index in [1.807, 2.05) is 47.6 Å². The van der Waals surface area contributed by atoms with Crippen LogP contribution >= 0.6 is 0 Å². The Hall–Kier alpha value is -5.19. The number of rotatable bonds is 4. The second kappa shape index (κ2) is 18.5. The summed E-state index contributed by atoms with van der Waals surface area (Å²) in [6.07, 6.45) is 5.16. The number of aliphatic hydroxyl groups is 2. The van der Waals surface area contributed by atoms with Gasteiger partial charge in [-0.05, 0) is 44.1 Å². The second-order valence-electron chi connectivity index (χ2n) is 18.4. The Morgan fingerprint density at radius 1 is 1.03 bits per heavy atom. The highest BCUT2D eigenvalue weighted by atomic mass is 16.7. The van der Waals surface area contributed by atoms with Gasteiger partial charge in [0.1, 0.15) is 29.0 Å². The van der Waals surface area contributed by atoms with E-state index < -0.39 is 77.2 Å². The van der Waals surface area contributed by atoms with Gasteiger partial charge in [0.2, 0.25) is 5.78 Å². The molecule has 63 heavy (non-hydrogen) atoms. The predicted molar refractivity (Wildman–Crippen MR) is 232 cm³/mol. The summed E-state index contributed by atoms with van der Waals surface area (Å²) in [5, 5.41) is 41.9. The summed E-state index contributed by atoms with van der Waals surface area (Å²) < 4.78 is 29.7. The minimum atomic E-state index is -1.80. The monoisotopic (exact) mass is 876 g/mol. The molecular weight excluding hydrogens is 813 g/mol. The number of ether oxygens (including phenoxy) is 5. The number of esters is 1. The number of piperidine rings is 1. The third kappa shape index (κ3) is 9.25. The molecule has 1 fully saturated rings. The fraction of sp³-hybridized carbons (Fsp3) is 0.596. The van der Waals surface area contributed by atoms with Gasteiger partial charge in [0.15, 0.2) is 6.10 Å². The molecule has 0 saturated carbocycles. The maximum atomic E-state index is 14.8. The van der Waals surface area contributed by atoms with Crippen LogP contribution in [0.4, 0.5) is 4.79 Å². The summed E-state index contributed by atoms with van der Waals surface area (Å²) >= 11 is 0. The highest BCUT2D eigenvalue weighted by molar-refractivity contribution is 6.31. The number of likely N-dealkylation sites (tertiary alicyclic amines) is 1. The van der Waals surface area contributed by atoms with Crippen molar-refractivity contribution >= 4 is 29.5 Å². The molecule has 4 aliphatic heterocycles. The SMILES string of the molecule is CO[C@H]1/C=C/O[C@@]2(C)Oc3c(C)c(O)c4c(c3C2O)C2=NC3(CCN(C(=O)OCC(C)C)CC3)NC2=C(NC(=O)/C(C)=C\C=C\[C@H](C)C[C@@H](C)[C@@H](O)[C@@H](C)[C@H](OC(C)=O)[C@@H]1C)C4=O. The highest BCUT2D eigenvalue weighted by Gasteiger charge is 2.54. The molecule has 1 unspecified atom stereocenters. The molecule has 6 rings (SSSR count). The molecule has 1 aliphatic carbocycles. The van der Waals surface area contributed by atoms with Gasteiger partial charge >= 0.3 is 12.1 Å². The Morgan fingerprint density at radius 2 is 1.71 bits per heavy atom. The van der Waals surface area contributed by atoms with E-state index in [1.54, 1.807) is 37.0 Å². The smallest absolute Gasteiger partial charge is 0.409 e. The molecule has 16 heteroatoms. The van der Waals surface area contributed by atoms with Crippen molar-refractivity contribution in [3.8, 4) is 11.5 Å². The summed E-state index contributed by atoms with van der Waals surface area (Å²) in [5.74, 6) is -4.96. The van der Waals surface area contributed by atoms with Crippen LogP contribution in [0.1, 0.15) is 115 Å². The number of amides is 2. The zero-order chi connectivity index (χ0) is 46.3. The molecule has 4 heterocycles. The van der Waals surface area contributed by atoms with Crippen molar-refractivity contribution in [2.24, 2.45) is 34.6 Å². The van der Waals surface area contributed by atoms with Crippen LogP contribution in [0.3, 0.4) is 0 Å². The fourth-order valence-corrected chi connectivity index (χ4v) is 9.25. The number of methoxy groups -OCH3 is 1. The van der Waals surface area contributed by atoms with Crippen molar-refractivity contribution in [2.75, 3.05) is 26.8 Å². The Bertz CT molecular complexity index is 2150. The number of carbonyl (C=O) groups is 4. The molecule has 1 saturated heterocycles. The topological polar surface area (TPSA) is 215 Å². The number of allylic oxidation sites excluding steroid dienone is 5. The summed E-state index contributed by atoms with van der Waals surface area (Å²) in [6.45, 7) is 18.4. The van der Waals surface area contributed by atoms with E-state index in [9.17, 15) is 34.5 Å². The lowest BCUT2D eigenvalue weighted by atomic mass is 9.79. The van der Waals surface area contributed by atoms with Crippen LogP contribution in [0, 0.1) is 36.5 Å². The average Bonchev–Trinajstić information content (AvgIpc) is 3.73. The molecule has 0 aromatic heterocycles. The van der Waals surface area contributed by atoms with Crippen molar-refractivity contribution in [3.63, 3.8) is 0 Å². The predicted octanol–water partition coefficient (Wildman–Crippen LogP) is 5.63. The molecule has 5 bridgehead atoms. The fourth-order valence-electron chi connectivity index (χ4n) is 9.25. The van der Waals surface area contributed by atoms with E-state index in [0.717, 1.165) is 0 Å². The Kier molecular flexibility index (Phi) is 13.9. The molecule has 1 aromatic rings. The number of aliphatic hydroxyl groups excluding tert-OH is 2. The molecule has 5 N–H and O–H groups in total. The third-order valence-corrected chi connectivity index (χ3v) is 13.0. The van der Waals surface area contributed by atoms with E-state index in [-0.39, 0.29) is 88.1 Å². The first-order chi connectivity index (χ1) is 29.6. The standard InChI is InChI=1S/C47H64N4O12/c1-23(2)22-60-45(58)51-18-16-47(17-19-51)49-35-32-33-39(54)29(8)42-34(32)43(56)46(10,63-42)61-20-15-31(59-11)27(6)41(62-30(9)52)28(7)38(53)26(5)21-24(3)13-12-14-25(4)44(57)48-37(40(33)55)36(35)50-47/h12-15,20,23-24,26-28,31,38,41,43,50,53-54,56H,16-19,21-22H2,1-11H3,(H,48,57)/b13-12+,20-15+,25-14-/t24-,26+,27+,28+,31-,38+,41+,43?,46-/m0/s1. The van der Waals surface area contributed by atoms with Gasteiger partial charge in [0.25, 0.3) is 11.7 Å². The largest absolute Gasteiger partial charge is 0.507 e. The lowest BCUT2D eigenvalue weighted by Crippen LogP contribution is -2.51. The van der Waals surface area contributed by atoms with Crippen molar-refractivity contribution in [2.45, 2.75) is 124 Å². The van der Waals surface area contributed by atoms with Crippen LogP contribution in [-0.4, -0.2) is 106 Å². The molecule has 344 valence electrons. The summed E-state index contributed by atoms with van der Waals surface area (Å²) in [4.78, 5) is 60.8. The molecule has 1 aromatic carbocycles. The molecule has 9 atom stereocenters. The lowest BCUT2D eigenvalue weighted by molar-refractivity contribution is -0.181. The number of Topliss-reactive ketones (excluding diaryl/α,β-unsaturated/α-hetero) is 1. The van der Waals surface area contributed by atoms with E-state index >= 15 is 0 Å². The van der Waals surface area contributed by atoms with Gasteiger partial charge in [-0.2, -0.15) is 0 Å². The second-order valence-corrected chi connectivity index (χ2v) is 18.4. The number of ketones is 1. The highest BCUT2D eigenvalue weighted by Crippen LogP contribution is 2.54. The van der Waals surface area contributed by atoms with Gasteiger partial charge in [0.05, 0.1) is 42.0 Å². The number of nitrogens with one attached hydrogen (secondary N) is 2. The molecule has 0 radical (unpaired) electrons. The maximum Gasteiger partial charge on any atom is 0.409 e. The van der Waals surface area contributed by atoms with Crippen molar-refractivity contribution < 1.29 is 58.2 Å². The van der Waals surface area contributed by atoms with E-state index in [0.29, 0.717) is 19.3 Å². The lowest BCUT2D eigenvalue weighted by Gasteiger charge is -2.37. The summed E-state index contributed by atoms with van der Waals surface area (Å²) in [6, 6.07) is 0. The number of benzene rings is 1. The van der Waals surface area contributed by atoms with E-state index in [2.05, 4.69) is 10.6 Å². The van der Waals surface area contributed by atoms with Crippen LogP contribution in [-0.2, 0) is 28.5 Å². The van der Waals surface area contributed by atoms with Crippen LogP contribution < -0.4 is 15.4 Å². The number of phenols is 1. The van der Waals surface area contributed by atoms with Crippen LogP contribution in [0.5, 0.6) is 11.5 Å². The summed E-state index contributed by atoms with van der Waals surface area (Å²) in [5.41, 5.74) is -0.157. The number of fused-ring (bicyclic) bond motifs is 3. The van der Waals surface area contributed by atoms with Gasteiger partial charge in [-0.1, -0.05) is 59.8 Å². The molecular formula is C47H64N4O12. The molecule has 5 aliphatic rings. The van der Waals surface area contributed by atoms with Gasteiger partial charge in [-0.25, -0.2) is 4.79 Å². The van der Waals surface area contributed by atoms with Gasteiger partial charge in [-0.3, -0.25) is 19.4 Å². The Morgan fingerprint density at radius 3 is 2.35 bits per heavy atom. The normalized spacial score (nSPS) is 32.7. The van der Waals surface area contributed by atoms with Crippen LogP contribution in [0.25, 0.3) is 0 Å². The first kappa shape index (κ1) is 47.3. The number of nitrogens with zero attached hydrogens (tertiary/aromatic N) is 2. The number of aromatic hydroxyl groups is 1. The van der Waals surface area contributed by atoms with E-state index in [4.69, 9.17) is 28.7 Å². The van der Waals surface area contributed by atoms with Gasteiger partial charge < -0.3 is 54.5 Å². The number of aliphatic imine (C=N–C) groups is 1. The maximum absolute atomic E-state index is 14.8. The van der Waals surface area contributed by atoms with Gasteiger partial charge in [0, 0.05) is 81.0 Å². The van der Waals surface area contributed by atoms with Crippen LogP contribution in [0.2, 0.25) is 0 Å². The minimum absolute atomic E-state index is 0.0231. The Balaban J connectivity index is 1.46. The van der Waals surface area contributed by atoms with Crippen molar-refractivity contribution in [1.29, 1.82) is 0 Å². The molecule has 1 spiro atoms.